The molecule has 0 spiro atoms. The van der Waals surface area contributed by atoms with Gasteiger partial charge >= 0.3 is 0 Å². The number of nitrogens with one attached hydrogen (secondary N) is 2. The van der Waals surface area contributed by atoms with Crippen molar-refractivity contribution >= 4 is 50.8 Å². The number of nitro benzene ring substituents is 1. The van der Waals surface area contributed by atoms with E-state index in [1.807, 2.05) is 36.4 Å². The van der Waals surface area contributed by atoms with Crippen LogP contribution in [0.3, 0.4) is 0 Å². The van der Waals surface area contributed by atoms with E-state index < -0.39 is 22.4 Å². The maximum absolute atomic E-state index is 12.4. The van der Waals surface area contributed by atoms with Crippen molar-refractivity contribution in [1.29, 1.82) is 0 Å². The SMILES string of the molecule is O=C(Cc1coc2ccc3ccccc3c12)NNC(=O)c1ccc(Cl)c([N+](=O)[O-])c1. The number of hydrogen-bond donors (Lipinski definition) is 2. The van der Waals surface area contributed by atoms with Gasteiger partial charge in [0.05, 0.1) is 17.6 Å². The Morgan fingerprint density at radius 3 is 2.67 bits per heavy atom. The lowest BCUT2D eigenvalue weighted by Crippen LogP contribution is -2.42. The number of hydrazine groups is 1. The van der Waals surface area contributed by atoms with Gasteiger partial charge in [0.2, 0.25) is 5.91 Å². The molecule has 0 aliphatic carbocycles. The Balaban J connectivity index is 1.48. The molecule has 9 heteroatoms. The van der Waals surface area contributed by atoms with Crippen molar-refractivity contribution in [2.75, 3.05) is 0 Å². The summed E-state index contributed by atoms with van der Waals surface area (Å²) in [5, 5.41) is 13.7. The minimum absolute atomic E-state index is 0.00819. The summed E-state index contributed by atoms with van der Waals surface area (Å²) in [4.78, 5) is 34.8. The molecule has 0 aliphatic rings. The zero-order valence-corrected chi connectivity index (χ0v) is 16.1. The lowest BCUT2D eigenvalue weighted by molar-refractivity contribution is -0.384. The van der Waals surface area contributed by atoms with Gasteiger partial charge < -0.3 is 4.42 Å². The largest absolute Gasteiger partial charge is 0.464 e. The summed E-state index contributed by atoms with van der Waals surface area (Å²) in [7, 11) is 0. The Morgan fingerprint density at radius 1 is 1.07 bits per heavy atom. The molecule has 8 nitrogen and oxygen atoms in total. The topological polar surface area (TPSA) is 114 Å². The zero-order valence-electron chi connectivity index (χ0n) is 15.3. The van der Waals surface area contributed by atoms with Gasteiger partial charge in [-0.3, -0.25) is 30.6 Å². The first-order valence-electron chi connectivity index (χ1n) is 8.85. The second-order valence-corrected chi connectivity index (χ2v) is 6.93. The number of hydrogen-bond acceptors (Lipinski definition) is 5. The van der Waals surface area contributed by atoms with Crippen LogP contribution < -0.4 is 10.9 Å². The molecule has 0 bridgehead atoms. The minimum atomic E-state index is -0.703. The molecule has 1 heterocycles. The number of fused-ring (bicyclic) bond motifs is 3. The van der Waals surface area contributed by atoms with Gasteiger partial charge in [-0.25, -0.2) is 0 Å². The van der Waals surface area contributed by atoms with Crippen LogP contribution in [0.5, 0.6) is 0 Å². The van der Waals surface area contributed by atoms with E-state index in [1.54, 1.807) is 0 Å². The molecule has 0 aliphatic heterocycles. The van der Waals surface area contributed by atoms with E-state index in [0.717, 1.165) is 22.2 Å². The fourth-order valence-electron chi connectivity index (χ4n) is 3.21. The van der Waals surface area contributed by atoms with Crippen molar-refractivity contribution in [3.05, 3.63) is 87.1 Å². The predicted molar refractivity (Wildman–Crippen MR) is 111 cm³/mol. The van der Waals surface area contributed by atoms with Crippen LogP contribution in [0.1, 0.15) is 15.9 Å². The number of benzene rings is 3. The smallest absolute Gasteiger partial charge is 0.288 e. The zero-order chi connectivity index (χ0) is 21.3. The first kappa shape index (κ1) is 19.4. The molecular weight excluding hydrogens is 410 g/mol. The molecule has 0 unspecified atom stereocenters. The third-order valence-electron chi connectivity index (χ3n) is 4.61. The van der Waals surface area contributed by atoms with Crippen LogP contribution in [0.15, 0.2) is 65.3 Å². The van der Waals surface area contributed by atoms with Crippen molar-refractivity contribution in [2.45, 2.75) is 6.42 Å². The number of furan rings is 1. The van der Waals surface area contributed by atoms with E-state index in [9.17, 15) is 19.7 Å². The summed E-state index contributed by atoms with van der Waals surface area (Å²) >= 11 is 5.74. The summed E-state index contributed by atoms with van der Waals surface area (Å²) in [5.74, 6) is -1.17. The van der Waals surface area contributed by atoms with E-state index in [2.05, 4.69) is 10.9 Å². The quantitative estimate of drug-likeness (QED) is 0.378. The monoisotopic (exact) mass is 423 g/mol. The van der Waals surface area contributed by atoms with E-state index in [-0.39, 0.29) is 17.0 Å². The fourth-order valence-corrected chi connectivity index (χ4v) is 3.40. The number of nitrogens with zero attached hydrogens (tertiary/aromatic N) is 1. The Hall–Kier alpha value is -3.91. The van der Waals surface area contributed by atoms with Gasteiger partial charge in [-0.1, -0.05) is 41.9 Å². The van der Waals surface area contributed by atoms with Gasteiger partial charge in [-0.2, -0.15) is 0 Å². The molecule has 4 aromatic rings. The maximum Gasteiger partial charge on any atom is 0.288 e. The molecule has 2 amide bonds. The van der Waals surface area contributed by atoms with Crippen LogP contribution in [0.4, 0.5) is 5.69 Å². The van der Waals surface area contributed by atoms with Crippen LogP contribution in [0.25, 0.3) is 21.7 Å². The molecule has 0 radical (unpaired) electrons. The molecule has 1 aromatic heterocycles. The molecule has 0 saturated heterocycles. The van der Waals surface area contributed by atoms with E-state index in [4.69, 9.17) is 16.0 Å². The van der Waals surface area contributed by atoms with Crippen molar-refractivity contribution in [1.82, 2.24) is 10.9 Å². The maximum atomic E-state index is 12.4. The fraction of sp³-hybridized carbons (Fsp3) is 0.0476. The van der Waals surface area contributed by atoms with Crippen LogP contribution >= 0.6 is 11.6 Å². The summed E-state index contributed by atoms with van der Waals surface area (Å²) in [6, 6.07) is 15.2. The van der Waals surface area contributed by atoms with E-state index >= 15 is 0 Å². The van der Waals surface area contributed by atoms with Crippen molar-refractivity contribution in [3.63, 3.8) is 0 Å². The van der Waals surface area contributed by atoms with Gasteiger partial charge in [0.15, 0.2) is 0 Å². The van der Waals surface area contributed by atoms with Gasteiger partial charge in [-0.05, 0) is 29.0 Å². The highest BCUT2D eigenvalue weighted by Gasteiger charge is 2.17. The van der Waals surface area contributed by atoms with Gasteiger partial charge in [-0.15, -0.1) is 0 Å². The highest BCUT2D eigenvalue weighted by molar-refractivity contribution is 6.32. The first-order chi connectivity index (χ1) is 14.4. The van der Waals surface area contributed by atoms with Crippen LogP contribution in [-0.4, -0.2) is 16.7 Å². The summed E-state index contributed by atoms with van der Waals surface area (Å²) in [6.45, 7) is 0. The Bertz CT molecular complexity index is 1310. The number of rotatable bonds is 4. The second-order valence-electron chi connectivity index (χ2n) is 6.52. The average Bonchev–Trinajstić information content (AvgIpc) is 3.15. The molecule has 3 aromatic carbocycles. The minimum Gasteiger partial charge on any atom is -0.464 e. The van der Waals surface area contributed by atoms with Crippen molar-refractivity contribution < 1.29 is 18.9 Å². The predicted octanol–water partition coefficient (Wildman–Crippen LogP) is 4.15. The lowest BCUT2D eigenvalue weighted by Gasteiger charge is -2.08. The summed E-state index contributed by atoms with van der Waals surface area (Å²) in [5.41, 5.74) is 5.49. The average molecular weight is 424 g/mol. The molecular formula is C21H14ClN3O5. The number of halogens is 1. The second kappa shape index (κ2) is 7.84. The molecule has 0 saturated carbocycles. The molecule has 150 valence electrons. The highest BCUT2D eigenvalue weighted by atomic mass is 35.5. The summed E-state index contributed by atoms with van der Waals surface area (Å²) in [6.07, 6.45) is 1.49. The molecule has 0 atom stereocenters. The van der Waals surface area contributed by atoms with Gasteiger partial charge in [0.1, 0.15) is 10.6 Å². The van der Waals surface area contributed by atoms with Crippen molar-refractivity contribution in [3.8, 4) is 0 Å². The van der Waals surface area contributed by atoms with E-state index in [0.29, 0.717) is 11.1 Å². The highest BCUT2D eigenvalue weighted by Crippen LogP contribution is 2.30. The van der Waals surface area contributed by atoms with Crippen LogP contribution in [0, 0.1) is 10.1 Å². The van der Waals surface area contributed by atoms with Crippen LogP contribution in [-0.2, 0) is 11.2 Å². The van der Waals surface area contributed by atoms with Gasteiger partial charge in [0.25, 0.3) is 11.6 Å². The Morgan fingerprint density at radius 2 is 1.87 bits per heavy atom. The number of carbonyl (C=O) groups is 2. The van der Waals surface area contributed by atoms with Gasteiger partial charge in [0, 0.05) is 22.6 Å². The molecule has 4 rings (SSSR count). The Labute approximate surface area is 174 Å². The normalized spacial score (nSPS) is 10.8. The number of nitro groups is 1. The Kier molecular flexibility index (Phi) is 5.07. The standard InChI is InChI=1S/C21H14ClN3O5/c22-16-7-5-13(9-17(16)25(28)29)21(27)24-23-19(26)10-14-11-30-18-8-6-12-3-1-2-4-15(12)20(14)18/h1-9,11H,10H2,(H,23,26)(H,24,27). The molecule has 2 N–H and O–H groups in total. The third kappa shape index (κ3) is 3.68. The lowest BCUT2D eigenvalue weighted by atomic mass is 10.0. The van der Waals surface area contributed by atoms with Crippen molar-refractivity contribution in [2.24, 2.45) is 0 Å². The first-order valence-corrected chi connectivity index (χ1v) is 9.23. The summed E-state index contributed by atoms with van der Waals surface area (Å²) < 4.78 is 5.56. The molecule has 30 heavy (non-hydrogen) atoms. The van der Waals surface area contributed by atoms with Crippen LogP contribution in [0.2, 0.25) is 5.02 Å². The van der Waals surface area contributed by atoms with E-state index in [1.165, 1.54) is 18.4 Å². The number of carbonyl (C=O) groups excluding carboxylic acids is 2. The molecule has 0 fully saturated rings. The number of amides is 2. The third-order valence-corrected chi connectivity index (χ3v) is 4.93.